The Labute approximate surface area is 376 Å². The van der Waals surface area contributed by atoms with Crippen LogP contribution in [0, 0.1) is 12.7 Å². The van der Waals surface area contributed by atoms with Crippen LogP contribution < -0.4 is 19.5 Å². The van der Waals surface area contributed by atoms with E-state index in [1.54, 1.807) is 72.9 Å². The van der Waals surface area contributed by atoms with Gasteiger partial charge in [0.25, 0.3) is 0 Å². The summed E-state index contributed by atoms with van der Waals surface area (Å²) in [6.45, 7) is 6.89. The summed E-state index contributed by atoms with van der Waals surface area (Å²) < 4.78 is 44.4. The predicted octanol–water partition coefficient (Wildman–Crippen LogP) is 8.20. The summed E-state index contributed by atoms with van der Waals surface area (Å²) in [7, 11) is -4.22. The van der Waals surface area contributed by atoms with Gasteiger partial charge in [-0.15, -0.1) is 11.3 Å². The third-order valence-electron chi connectivity index (χ3n) is 10.7. The van der Waals surface area contributed by atoms with E-state index >= 15 is 0 Å². The van der Waals surface area contributed by atoms with Crippen molar-refractivity contribution in [3.63, 3.8) is 0 Å². The second-order valence-corrected chi connectivity index (χ2v) is 18.1. The van der Waals surface area contributed by atoms with Gasteiger partial charge in [-0.25, -0.2) is 29.1 Å². The highest BCUT2D eigenvalue weighted by Gasteiger charge is 2.28. The van der Waals surface area contributed by atoms with Crippen LogP contribution in [0.4, 0.5) is 4.39 Å². The molecule has 64 heavy (non-hydrogen) atoms. The molecule has 0 aliphatic carbocycles. The van der Waals surface area contributed by atoms with Gasteiger partial charge in [0, 0.05) is 61.3 Å². The third kappa shape index (κ3) is 10.7. The fraction of sp³-hybridized carbons (Fsp3) is 0.239. The van der Waals surface area contributed by atoms with E-state index < -0.39 is 25.5 Å². The third-order valence-corrected chi connectivity index (χ3v) is 13.0. The molecule has 1 atom stereocenters. The van der Waals surface area contributed by atoms with Gasteiger partial charge >= 0.3 is 13.6 Å². The number of nitrogens with zero attached hydrogens (tertiary/aromatic N) is 5. The Morgan fingerprint density at radius 2 is 1.69 bits per heavy atom. The molecule has 0 spiro atoms. The van der Waals surface area contributed by atoms with Crippen molar-refractivity contribution in [2.75, 3.05) is 39.3 Å². The van der Waals surface area contributed by atoms with Gasteiger partial charge in [-0.3, -0.25) is 9.46 Å². The number of rotatable bonds is 17. The number of carboxylic acid groups (broad SMARTS) is 1. The number of para-hydroxylation sites is 1. The van der Waals surface area contributed by atoms with Crippen LogP contribution in [-0.4, -0.2) is 91.1 Å². The molecule has 7 aromatic rings. The molecule has 14 nitrogen and oxygen atoms in total. The SMILES string of the molecule is Cc1c(-c2c(-c3ccc(F)cc3)sc3ncnc(OC(Cc4ccccc4OCc4ccnc(-c5ccc(CP(=O)(O)O)cc5)n4)C(=O)O)c23)ccc(OCCN2CCNCC2)c1Cl. The van der Waals surface area contributed by atoms with Crippen LogP contribution in [0.5, 0.6) is 17.4 Å². The van der Waals surface area contributed by atoms with E-state index in [0.717, 1.165) is 43.2 Å². The quantitative estimate of drug-likeness (QED) is 0.0640. The molecular formula is C46H43ClFN6O8PS. The van der Waals surface area contributed by atoms with Gasteiger partial charge < -0.3 is 34.4 Å². The number of hydrogen-bond acceptors (Lipinski definition) is 12. The van der Waals surface area contributed by atoms with E-state index in [1.807, 2.05) is 19.1 Å². The molecule has 4 heterocycles. The minimum Gasteiger partial charge on any atom is -0.491 e. The summed E-state index contributed by atoms with van der Waals surface area (Å²) in [6.07, 6.45) is 1.02. The Morgan fingerprint density at radius 1 is 0.938 bits per heavy atom. The van der Waals surface area contributed by atoms with Gasteiger partial charge in [-0.1, -0.05) is 72.3 Å². The van der Waals surface area contributed by atoms with E-state index in [9.17, 15) is 28.6 Å². The van der Waals surface area contributed by atoms with Crippen LogP contribution in [0.2, 0.25) is 5.02 Å². The molecule has 1 aliphatic heterocycles. The van der Waals surface area contributed by atoms with E-state index in [0.29, 0.717) is 78.2 Å². The number of carboxylic acids is 1. The van der Waals surface area contributed by atoms with Gasteiger partial charge in [0.2, 0.25) is 12.0 Å². The smallest absolute Gasteiger partial charge is 0.345 e. The van der Waals surface area contributed by atoms with Crippen LogP contribution in [0.25, 0.3) is 43.2 Å². The van der Waals surface area contributed by atoms with Gasteiger partial charge in [0.15, 0.2) is 5.82 Å². The molecule has 4 N–H and O–H groups in total. The number of halogens is 2. The van der Waals surface area contributed by atoms with Gasteiger partial charge in [0.05, 0.1) is 22.3 Å². The molecule has 1 aliphatic rings. The summed E-state index contributed by atoms with van der Waals surface area (Å²) in [4.78, 5) is 53.3. The lowest BCUT2D eigenvalue weighted by atomic mass is 9.96. The average molecular weight is 925 g/mol. The molecular weight excluding hydrogens is 882 g/mol. The van der Waals surface area contributed by atoms with Crippen molar-refractivity contribution in [1.29, 1.82) is 0 Å². The zero-order valence-electron chi connectivity index (χ0n) is 34.5. The number of benzene rings is 4. The summed E-state index contributed by atoms with van der Waals surface area (Å²) >= 11 is 8.37. The Balaban J connectivity index is 1.06. The molecule has 3 aromatic heterocycles. The number of aromatic nitrogens is 4. The fourth-order valence-corrected chi connectivity index (χ4v) is 9.47. The molecule has 0 saturated carbocycles. The number of fused-ring (bicyclic) bond motifs is 1. The van der Waals surface area contributed by atoms with Crippen LogP contribution in [0.15, 0.2) is 104 Å². The van der Waals surface area contributed by atoms with E-state index in [1.165, 1.54) is 29.8 Å². The predicted molar refractivity (Wildman–Crippen MR) is 243 cm³/mol. The summed E-state index contributed by atoms with van der Waals surface area (Å²) in [6, 6.07) is 25.2. The molecule has 4 aromatic carbocycles. The first-order chi connectivity index (χ1) is 30.9. The Hall–Kier alpha value is -5.84. The van der Waals surface area contributed by atoms with Gasteiger partial charge in [-0.2, -0.15) is 0 Å². The number of aliphatic carboxylic acids is 1. The normalized spacial score (nSPS) is 13.8. The fourth-order valence-electron chi connectivity index (χ4n) is 7.41. The molecule has 0 amide bonds. The zero-order valence-corrected chi connectivity index (χ0v) is 37.0. The van der Waals surface area contributed by atoms with Crippen molar-refractivity contribution in [2.24, 2.45) is 0 Å². The van der Waals surface area contributed by atoms with Crippen molar-refractivity contribution in [1.82, 2.24) is 30.2 Å². The van der Waals surface area contributed by atoms with Gasteiger partial charge in [0.1, 0.15) is 41.7 Å². The second-order valence-electron chi connectivity index (χ2n) is 15.1. The number of nitrogens with one attached hydrogen (secondary N) is 1. The molecule has 330 valence electrons. The van der Waals surface area contributed by atoms with Crippen molar-refractivity contribution in [3.8, 4) is 50.3 Å². The number of carbonyl (C=O) groups is 1. The summed E-state index contributed by atoms with van der Waals surface area (Å²) in [5.41, 5.74) is 5.04. The van der Waals surface area contributed by atoms with Crippen LogP contribution in [-0.2, 0) is 28.5 Å². The van der Waals surface area contributed by atoms with E-state index in [2.05, 4.69) is 30.2 Å². The number of hydrogen-bond donors (Lipinski definition) is 4. The highest BCUT2D eigenvalue weighted by Crippen LogP contribution is 2.49. The molecule has 1 saturated heterocycles. The lowest BCUT2D eigenvalue weighted by Gasteiger charge is -2.27. The topological polar surface area (TPSA) is 189 Å². The van der Waals surface area contributed by atoms with Crippen LogP contribution in [0.1, 0.15) is 22.4 Å². The number of ether oxygens (including phenoxy) is 3. The van der Waals surface area contributed by atoms with Crippen molar-refractivity contribution >= 4 is 46.7 Å². The van der Waals surface area contributed by atoms with Crippen LogP contribution in [0.3, 0.4) is 0 Å². The Bertz CT molecular complexity index is 2820. The minimum absolute atomic E-state index is 0.0281. The molecule has 8 rings (SSSR count). The summed E-state index contributed by atoms with van der Waals surface area (Å²) in [5.74, 6) is -0.226. The molecule has 1 unspecified atom stereocenters. The maximum absolute atomic E-state index is 14.2. The standard InChI is InChI=1S/C46H43ClFN6O8PS/c1-28-35(14-15-37(41(28)47)60-23-22-54-20-18-49-19-21-54)39-40-44(51-27-52-45(40)64-42(39)30-10-12-33(48)13-11-30)62-38(46(55)56)24-32-4-2-3-5-36(32)61-25-34-16-17-50-43(53-34)31-8-6-29(7-9-31)26-63(57,58)59/h2-17,27,38,49H,18-26H2,1H3,(H,55,56)(H2,57,58,59). The minimum atomic E-state index is -4.22. The first kappa shape index (κ1) is 44.8. The van der Waals surface area contributed by atoms with Gasteiger partial charge in [-0.05, 0) is 65.1 Å². The largest absolute Gasteiger partial charge is 0.491 e. The summed E-state index contributed by atoms with van der Waals surface area (Å²) in [5, 5.41) is 14.9. The monoisotopic (exact) mass is 924 g/mol. The Morgan fingerprint density at radius 3 is 2.44 bits per heavy atom. The highest BCUT2D eigenvalue weighted by molar-refractivity contribution is 7.50. The molecule has 1 fully saturated rings. The maximum Gasteiger partial charge on any atom is 0.345 e. The maximum atomic E-state index is 14.2. The number of piperazine rings is 1. The van der Waals surface area contributed by atoms with Crippen molar-refractivity contribution in [3.05, 3.63) is 137 Å². The van der Waals surface area contributed by atoms with E-state index in [-0.39, 0.29) is 25.1 Å². The lowest BCUT2D eigenvalue weighted by Crippen LogP contribution is -2.44. The molecule has 0 radical (unpaired) electrons. The van der Waals surface area contributed by atoms with Crippen molar-refractivity contribution in [2.45, 2.75) is 32.2 Å². The zero-order chi connectivity index (χ0) is 44.8. The van der Waals surface area contributed by atoms with Crippen LogP contribution >= 0.6 is 30.5 Å². The molecule has 18 heteroatoms. The van der Waals surface area contributed by atoms with Crippen molar-refractivity contribution < 1.29 is 42.9 Å². The highest BCUT2D eigenvalue weighted by atomic mass is 35.5. The number of thiophene rings is 1. The Kier molecular flexibility index (Phi) is 13.9. The first-order valence-electron chi connectivity index (χ1n) is 20.3. The molecule has 0 bridgehead atoms. The lowest BCUT2D eigenvalue weighted by molar-refractivity contribution is -0.145. The average Bonchev–Trinajstić information content (AvgIpc) is 3.68. The van der Waals surface area contributed by atoms with E-state index in [4.69, 9.17) is 25.8 Å². The first-order valence-corrected chi connectivity index (χ1v) is 23.3. The second kappa shape index (κ2) is 19.9.